The Morgan fingerprint density at radius 2 is 0.676 bits per heavy atom. The van der Waals surface area contributed by atoms with E-state index in [1.165, 1.54) is 175 Å². The maximum atomic E-state index is 13.0. The van der Waals surface area contributed by atoms with Crippen LogP contribution in [-0.4, -0.2) is 244 Å². The van der Waals surface area contributed by atoms with Gasteiger partial charge in [0.15, 0.2) is 0 Å². The number of hydrogen-bond donors (Lipinski definition) is 0. The molecule has 16 nitrogen and oxygen atoms in total. The first-order chi connectivity index (χ1) is 32.6. The number of halogens is 3. The van der Waals surface area contributed by atoms with Gasteiger partial charge in [0.2, 0.25) is 0 Å². The minimum absolute atomic E-state index is 0.530. The second-order valence-corrected chi connectivity index (χ2v) is 23.7. The summed E-state index contributed by atoms with van der Waals surface area (Å²) in [5.41, 5.74) is 5.24. The highest BCUT2D eigenvalue weighted by Gasteiger charge is 2.51. The summed E-state index contributed by atoms with van der Waals surface area (Å²) in [6.07, 6.45) is -4.27. The summed E-state index contributed by atoms with van der Waals surface area (Å²) in [5, 5.41) is 0. The molecule has 16 bridgehead atoms. The third kappa shape index (κ3) is 9.88. The molecule has 19 rings (SSSR count). The lowest BCUT2D eigenvalue weighted by atomic mass is 10.0. The Morgan fingerprint density at radius 3 is 1.00 bits per heavy atom. The van der Waals surface area contributed by atoms with E-state index in [9.17, 15) is 13.2 Å². The average molecular weight is 945 g/mol. The smallest absolute Gasteiger partial charge is 0.288 e. The molecular formula is C49H75F3N16+4. The van der Waals surface area contributed by atoms with E-state index in [4.69, 9.17) is 0 Å². The van der Waals surface area contributed by atoms with Crippen molar-refractivity contribution in [3.8, 4) is 0 Å². The number of hydrogen-bond acceptors (Lipinski definition) is 12. The Balaban J connectivity index is 0.0000000962. The first-order valence-corrected chi connectivity index (χ1v) is 24.9. The number of alkyl halides is 3. The maximum Gasteiger partial charge on any atom is 0.416 e. The predicted octanol–water partition coefficient (Wildman–Crippen LogP) is 2.85. The van der Waals surface area contributed by atoms with Crippen molar-refractivity contribution in [3.63, 3.8) is 0 Å². The lowest BCUT2D eigenvalue weighted by molar-refractivity contribution is -0.991. The molecule has 0 unspecified atom stereocenters. The lowest BCUT2D eigenvalue weighted by Crippen LogP contribution is -2.78. The molecule has 0 N–H and O–H groups in total. The maximum absolute atomic E-state index is 13.0. The first kappa shape index (κ1) is 45.9. The van der Waals surface area contributed by atoms with E-state index >= 15 is 0 Å². The van der Waals surface area contributed by atoms with Crippen LogP contribution in [0.3, 0.4) is 0 Å². The molecule has 68 heavy (non-hydrogen) atoms. The van der Waals surface area contributed by atoms with Crippen molar-refractivity contribution in [1.29, 1.82) is 0 Å². The molecule has 0 aromatic heterocycles. The van der Waals surface area contributed by atoms with Gasteiger partial charge in [-0.3, -0.25) is 17.9 Å². The van der Waals surface area contributed by atoms with Gasteiger partial charge in [-0.1, -0.05) is 71.8 Å². The van der Waals surface area contributed by atoms with Crippen LogP contribution in [0.4, 0.5) is 13.2 Å². The van der Waals surface area contributed by atoms with E-state index < -0.39 is 11.7 Å². The van der Waals surface area contributed by atoms with Gasteiger partial charge in [0.1, 0.15) is 99.7 Å². The molecule has 3 aromatic rings. The predicted molar refractivity (Wildman–Crippen MR) is 251 cm³/mol. The summed E-state index contributed by atoms with van der Waals surface area (Å²) in [7, 11) is 2.35. The Bertz CT molecular complexity index is 2140. The largest absolute Gasteiger partial charge is 0.416 e. The van der Waals surface area contributed by atoms with Crippen molar-refractivity contribution in [2.24, 2.45) is 0 Å². The Labute approximate surface area is 401 Å². The molecule has 0 saturated carbocycles. The molecule has 16 fully saturated rings. The molecule has 0 aliphatic carbocycles. The molecule has 0 spiro atoms. The van der Waals surface area contributed by atoms with E-state index in [1.54, 1.807) is 6.92 Å². The Morgan fingerprint density at radius 1 is 0.368 bits per heavy atom. The highest BCUT2D eigenvalue weighted by molar-refractivity contribution is 5.31. The van der Waals surface area contributed by atoms with Gasteiger partial charge in [-0.15, -0.1) is 0 Å². The molecular weight excluding hydrogens is 870 g/mol. The van der Waals surface area contributed by atoms with Crippen LogP contribution in [0.5, 0.6) is 0 Å². The third-order valence-electron chi connectivity index (χ3n) is 15.9. The van der Waals surface area contributed by atoms with Gasteiger partial charge in [0, 0.05) is 16.7 Å². The number of nitrogens with zero attached hydrogens (tertiary/aromatic N) is 16. The van der Waals surface area contributed by atoms with Gasteiger partial charge < -0.3 is 0 Å². The number of aryl methyl sites for hydroxylation is 2. The van der Waals surface area contributed by atoms with Crippen molar-refractivity contribution in [3.05, 3.63) is 106 Å². The topological polar surface area (TPSA) is 38.9 Å². The second-order valence-electron chi connectivity index (χ2n) is 23.7. The Kier molecular flexibility index (Phi) is 11.8. The van der Waals surface area contributed by atoms with Crippen LogP contribution in [0.25, 0.3) is 0 Å². The van der Waals surface area contributed by atoms with Gasteiger partial charge in [0.25, 0.3) is 0 Å². The van der Waals surface area contributed by atoms with E-state index in [2.05, 4.69) is 127 Å². The highest BCUT2D eigenvalue weighted by atomic mass is 19.4. The van der Waals surface area contributed by atoms with Gasteiger partial charge in [-0.05, 0) is 26.0 Å². The quantitative estimate of drug-likeness (QED) is 0.342. The van der Waals surface area contributed by atoms with E-state index in [1.807, 2.05) is 6.07 Å². The zero-order valence-electron chi connectivity index (χ0n) is 40.8. The minimum atomic E-state index is -4.27. The molecule has 0 radical (unpaired) electrons. The van der Waals surface area contributed by atoms with Crippen molar-refractivity contribution in [1.82, 2.24) is 58.8 Å². The molecule has 19 heteroatoms. The lowest BCUT2D eigenvalue weighted by Gasteiger charge is -2.60. The van der Waals surface area contributed by atoms with Crippen LogP contribution in [0.2, 0.25) is 0 Å². The first-order valence-electron chi connectivity index (χ1n) is 24.9. The fourth-order valence-electron chi connectivity index (χ4n) is 14.8. The molecule has 16 aliphatic rings. The van der Waals surface area contributed by atoms with Crippen LogP contribution in [0.15, 0.2) is 72.8 Å². The van der Waals surface area contributed by atoms with E-state index in [-0.39, 0.29) is 0 Å². The molecule has 16 aliphatic heterocycles. The van der Waals surface area contributed by atoms with Gasteiger partial charge in [0.05, 0.1) is 92.6 Å². The molecule has 368 valence electrons. The summed E-state index contributed by atoms with van der Waals surface area (Å²) in [4.78, 5) is 30.1. The van der Waals surface area contributed by atoms with Crippen LogP contribution < -0.4 is 0 Å². The molecule has 0 atom stereocenters. The highest BCUT2D eigenvalue weighted by Crippen LogP contribution is 2.36. The normalized spacial score (nSPS) is 43.3. The molecule has 3 aromatic carbocycles. The summed E-state index contributed by atoms with van der Waals surface area (Å²) < 4.78 is 43.5. The third-order valence-corrected chi connectivity index (χ3v) is 15.9. The van der Waals surface area contributed by atoms with Crippen LogP contribution in [0, 0.1) is 13.8 Å². The monoisotopic (exact) mass is 945 g/mol. The minimum Gasteiger partial charge on any atom is -0.288 e. The molecule has 16 heterocycles. The zero-order valence-corrected chi connectivity index (χ0v) is 40.8. The van der Waals surface area contributed by atoms with Crippen LogP contribution in [-0.2, 0) is 25.8 Å². The average Bonchev–Trinajstić information content (AvgIpc) is 3.22. The SMILES string of the molecule is C[N+]12CN3CN(CN(C3)C1)C2.Cc1cc(C[N+]23CN4CN(CN(C4)C2)C3)cc(C(F)(F)F)c1.Cc1ccc(C[N+]23CN4CN(CN(C4)C2)C3)cc1.c1ccc(C[N+]23CN4CN(CN(C4)C2)C3)cc1. The molecule has 0 amide bonds. The fourth-order valence-corrected chi connectivity index (χ4v) is 14.8. The van der Waals surface area contributed by atoms with Gasteiger partial charge in [-0.2, -0.15) is 13.2 Å². The van der Waals surface area contributed by atoms with Crippen molar-refractivity contribution < 1.29 is 31.1 Å². The van der Waals surface area contributed by atoms with Crippen LogP contribution in [0.1, 0.15) is 33.4 Å². The van der Waals surface area contributed by atoms with Gasteiger partial charge >= 0.3 is 6.18 Å². The Hall–Kier alpha value is -3.19. The summed E-state index contributed by atoms with van der Waals surface area (Å²) in [5.74, 6) is 0. The zero-order chi connectivity index (χ0) is 46.5. The molecule has 16 saturated heterocycles. The summed E-state index contributed by atoms with van der Waals surface area (Å²) >= 11 is 0. The number of quaternary nitrogens is 4. The van der Waals surface area contributed by atoms with Crippen LogP contribution >= 0.6 is 0 Å². The van der Waals surface area contributed by atoms with Crippen molar-refractivity contribution in [2.75, 3.05) is 167 Å². The summed E-state index contributed by atoms with van der Waals surface area (Å²) in [6, 6.07) is 24.4. The van der Waals surface area contributed by atoms with Crippen molar-refractivity contribution in [2.45, 2.75) is 39.7 Å². The second kappa shape index (κ2) is 17.5. The van der Waals surface area contributed by atoms with Crippen molar-refractivity contribution >= 4 is 0 Å². The fraction of sp³-hybridized carbons (Fsp3) is 0.633. The standard InChI is InChI=1S/C15H20F3N4.C14H21N4.C13H19N4.C7H15N4/c1-12-2-13(4-14(3-12)15(16,17)18)5-22-9-19-6-20(10-22)8-21(7-19)11-22;1-13-2-4-14(5-3-13)6-18-10-15-7-16(11-18)9-17(8-15)12-18;1-2-4-13(5-3-1)6-17-10-14-7-15(11-17)9-16(8-14)12-17;1-11-5-8-2-9(6-11)4-10(3-8)7-11/h2-4H,5-11H2,1H3;2-5H,6-12H2,1H3;1-5H,6-12H2;2-7H2,1H3/q4*+1. The van der Waals surface area contributed by atoms with E-state index in [0.29, 0.717) is 12.1 Å². The number of rotatable bonds is 6. The number of benzene rings is 3. The van der Waals surface area contributed by atoms with Gasteiger partial charge in [-0.25, -0.2) is 58.8 Å². The summed E-state index contributed by atoms with van der Waals surface area (Å²) in [6.45, 7) is 34.4. The van der Waals surface area contributed by atoms with E-state index in [0.717, 1.165) is 50.1 Å².